The standard InChI is InChI=1S/C25H41IO2.C2H6/c1-5-10-21(11-6-2)19-27-24(25(4)16-8-7-9-17-25)28-23-14-12-22(13-15-23)20(3)18-26;1-2/h12-15,20-21,24H,5-11,16-19H2,1-4H3;1-2H3. The van der Waals surface area contributed by atoms with Crippen LogP contribution < -0.4 is 4.74 Å². The van der Waals surface area contributed by atoms with E-state index in [1.807, 2.05) is 13.8 Å². The van der Waals surface area contributed by atoms with Crippen molar-refractivity contribution in [3.05, 3.63) is 29.8 Å². The fourth-order valence-corrected chi connectivity index (χ4v) is 4.92. The van der Waals surface area contributed by atoms with Crippen molar-refractivity contribution in [2.24, 2.45) is 11.3 Å². The molecule has 2 atom stereocenters. The Bertz CT molecular complexity index is 530. The van der Waals surface area contributed by atoms with Gasteiger partial charge in [0.15, 0.2) is 0 Å². The number of benzene rings is 1. The summed E-state index contributed by atoms with van der Waals surface area (Å²) in [6.45, 7) is 14.0. The Morgan fingerprint density at radius 2 is 1.53 bits per heavy atom. The van der Waals surface area contributed by atoms with Crippen molar-refractivity contribution in [3.63, 3.8) is 0 Å². The van der Waals surface area contributed by atoms with Gasteiger partial charge in [-0.05, 0) is 55.2 Å². The van der Waals surface area contributed by atoms with Crippen LogP contribution in [0.15, 0.2) is 24.3 Å². The molecule has 0 bridgehead atoms. The van der Waals surface area contributed by atoms with E-state index in [0.29, 0.717) is 11.8 Å². The SMILES string of the molecule is CC.CCCC(CCC)COC(Oc1ccc(C(C)CI)cc1)C1(C)CCCCC1. The molecule has 30 heavy (non-hydrogen) atoms. The van der Waals surface area contributed by atoms with Crippen LogP contribution >= 0.6 is 22.6 Å². The largest absolute Gasteiger partial charge is 0.464 e. The fraction of sp³-hybridized carbons (Fsp3) is 0.778. The first kappa shape index (κ1) is 27.7. The lowest BCUT2D eigenvalue weighted by Gasteiger charge is -2.40. The average molecular weight is 531 g/mol. The van der Waals surface area contributed by atoms with Gasteiger partial charge >= 0.3 is 0 Å². The maximum absolute atomic E-state index is 6.53. The van der Waals surface area contributed by atoms with Gasteiger partial charge in [-0.25, -0.2) is 0 Å². The molecule has 0 saturated heterocycles. The molecule has 174 valence electrons. The molecule has 1 aliphatic rings. The Morgan fingerprint density at radius 1 is 0.967 bits per heavy atom. The summed E-state index contributed by atoms with van der Waals surface area (Å²) in [6, 6.07) is 8.71. The van der Waals surface area contributed by atoms with Crippen molar-refractivity contribution in [1.29, 1.82) is 0 Å². The van der Waals surface area contributed by atoms with Crippen molar-refractivity contribution < 1.29 is 9.47 Å². The normalized spacial score (nSPS) is 17.7. The minimum absolute atomic E-state index is 0.120. The van der Waals surface area contributed by atoms with E-state index in [1.165, 1.54) is 63.4 Å². The van der Waals surface area contributed by atoms with Crippen LogP contribution in [0.1, 0.15) is 111 Å². The Hall–Kier alpha value is -0.290. The quantitative estimate of drug-likeness (QED) is 0.152. The number of ether oxygens (including phenoxy) is 2. The maximum atomic E-state index is 6.53. The second-order valence-electron chi connectivity index (χ2n) is 9.07. The number of hydrogen-bond donors (Lipinski definition) is 0. The smallest absolute Gasteiger partial charge is 0.205 e. The molecule has 0 aliphatic heterocycles. The third-order valence-electron chi connectivity index (χ3n) is 6.37. The molecular formula is C27H47IO2. The highest BCUT2D eigenvalue weighted by atomic mass is 127. The van der Waals surface area contributed by atoms with Crippen molar-refractivity contribution >= 4 is 22.6 Å². The molecule has 1 fully saturated rings. The van der Waals surface area contributed by atoms with Gasteiger partial charge in [-0.15, -0.1) is 0 Å². The van der Waals surface area contributed by atoms with E-state index in [-0.39, 0.29) is 11.7 Å². The third-order valence-corrected chi connectivity index (χ3v) is 7.69. The molecule has 0 spiro atoms. The molecule has 1 aromatic carbocycles. The summed E-state index contributed by atoms with van der Waals surface area (Å²) in [5, 5.41) is 0. The van der Waals surface area contributed by atoms with E-state index >= 15 is 0 Å². The number of halogens is 1. The predicted molar refractivity (Wildman–Crippen MR) is 140 cm³/mol. The molecule has 1 aromatic rings. The van der Waals surface area contributed by atoms with Gasteiger partial charge in [0.2, 0.25) is 6.29 Å². The van der Waals surface area contributed by atoms with Gasteiger partial charge in [0.05, 0.1) is 6.61 Å². The molecule has 3 heteroatoms. The van der Waals surface area contributed by atoms with Gasteiger partial charge in [-0.1, -0.05) is 108 Å². The molecule has 2 rings (SSSR count). The summed E-state index contributed by atoms with van der Waals surface area (Å²) in [7, 11) is 0. The summed E-state index contributed by atoms with van der Waals surface area (Å²) in [5.41, 5.74) is 1.50. The highest BCUT2D eigenvalue weighted by Crippen LogP contribution is 2.41. The van der Waals surface area contributed by atoms with Crippen LogP contribution in [0.25, 0.3) is 0 Å². The maximum Gasteiger partial charge on any atom is 0.205 e. The summed E-state index contributed by atoms with van der Waals surface area (Å²) in [5.74, 6) is 2.19. The lowest BCUT2D eigenvalue weighted by molar-refractivity contribution is -0.170. The zero-order valence-corrected chi connectivity index (χ0v) is 22.7. The van der Waals surface area contributed by atoms with Gasteiger partial charge in [0, 0.05) is 9.84 Å². The highest BCUT2D eigenvalue weighted by Gasteiger charge is 2.38. The lowest BCUT2D eigenvalue weighted by atomic mass is 9.75. The van der Waals surface area contributed by atoms with E-state index in [1.54, 1.807) is 0 Å². The molecule has 0 radical (unpaired) electrons. The molecule has 2 nitrogen and oxygen atoms in total. The van der Waals surface area contributed by atoms with Crippen molar-refractivity contribution in [3.8, 4) is 5.75 Å². The van der Waals surface area contributed by atoms with E-state index < -0.39 is 0 Å². The second-order valence-corrected chi connectivity index (χ2v) is 9.95. The number of hydrogen-bond acceptors (Lipinski definition) is 2. The molecule has 0 N–H and O–H groups in total. The third kappa shape index (κ3) is 9.06. The minimum atomic E-state index is -0.142. The number of alkyl halides is 1. The van der Waals surface area contributed by atoms with Gasteiger partial charge in [-0.2, -0.15) is 0 Å². The molecule has 2 unspecified atom stereocenters. The van der Waals surface area contributed by atoms with Crippen LogP contribution in [0.5, 0.6) is 5.75 Å². The van der Waals surface area contributed by atoms with Crippen LogP contribution in [0, 0.1) is 11.3 Å². The molecular weight excluding hydrogens is 483 g/mol. The van der Waals surface area contributed by atoms with Crippen molar-refractivity contribution in [2.45, 2.75) is 112 Å². The van der Waals surface area contributed by atoms with Gasteiger partial charge in [0.25, 0.3) is 0 Å². The van der Waals surface area contributed by atoms with Crippen LogP contribution in [-0.2, 0) is 4.74 Å². The fourth-order valence-electron chi connectivity index (χ4n) is 4.41. The Balaban J connectivity index is 0.00000218. The Morgan fingerprint density at radius 3 is 2.03 bits per heavy atom. The Labute approximate surface area is 201 Å². The van der Waals surface area contributed by atoms with E-state index in [0.717, 1.165) is 16.8 Å². The molecule has 1 aliphatic carbocycles. The summed E-state index contributed by atoms with van der Waals surface area (Å²) in [6.07, 6.45) is 11.2. The van der Waals surface area contributed by atoms with E-state index in [2.05, 4.69) is 74.6 Å². The zero-order chi connectivity index (χ0) is 22.4. The van der Waals surface area contributed by atoms with Crippen LogP contribution in [-0.4, -0.2) is 17.3 Å². The van der Waals surface area contributed by atoms with Crippen molar-refractivity contribution in [2.75, 3.05) is 11.0 Å². The molecule has 0 aromatic heterocycles. The Kier molecular flexibility index (Phi) is 14.3. The summed E-state index contributed by atoms with van der Waals surface area (Å²) < 4.78 is 14.2. The van der Waals surface area contributed by atoms with Crippen LogP contribution in [0.4, 0.5) is 0 Å². The van der Waals surface area contributed by atoms with Gasteiger partial charge < -0.3 is 9.47 Å². The van der Waals surface area contributed by atoms with E-state index in [4.69, 9.17) is 9.47 Å². The summed E-state index contributed by atoms with van der Waals surface area (Å²) in [4.78, 5) is 0. The molecule has 0 amide bonds. The zero-order valence-electron chi connectivity index (χ0n) is 20.5. The van der Waals surface area contributed by atoms with Crippen LogP contribution in [0.2, 0.25) is 0 Å². The predicted octanol–water partition coefficient (Wildman–Crippen LogP) is 9.16. The number of rotatable bonds is 12. The van der Waals surface area contributed by atoms with Gasteiger partial charge in [0.1, 0.15) is 5.75 Å². The molecule has 0 heterocycles. The van der Waals surface area contributed by atoms with Crippen molar-refractivity contribution in [1.82, 2.24) is 0 Å². The van der Waals surface area contributed by atoms with E-state index in [9.17, 15) is 0 Å². The lowest BCUT2D eigenvalue weighted by Crippen LogP contribution is -2.41. The minimum Gasteiger partial charge on any atom is -0.464 e. The molecule has 1 saturated carbocycles. The van der Waals surface area contributed by atoms with Gasteiger partial charge in [-0.3, -0.25) is 0 Å². The summed E-state index contributed by atoms with van der Waals surface area (Å²) >= 11 is 2.46. The first-order valence-corrected chi connectivity index (χ1v) is 14.0. The first-order chi connectivity index (χ1) is 14.5. The monoisotopic (exact) mass is 530 g/mol. The highest BCUT2D eigenvalue weighted by molar-refractivity contribution is 14.1. The van der Waals surface area contributed by atoms with Crippen LogP contribution in [0.3, 0.4) is 0 Å². The first-order valence-electron chi connectivity index (χ1n) is 12.5. The average Bonchev–Trinajstić information content (AvgIpc) is 2.78. The second kappa shape index (κ2) is 15.5. The topological polar surface area (TPSA) is 18.5 Å².